The van der Waals surface area contributed by atoms with Gasteiger partial charge in [-0.05, 0) is 19.1 Å². The monoisotopic (exact) mass is 286 g/mol. The number of ether oxygens (including phenoxy) is 1. The molecule has 0 aliphatic heterocycles. The van der Waals surface area contributed by atoms with Gasteiger partial charge < -0.3 is 4.74 Å². The lowest BCUT2D eigenvalue weighted by Crippen LogP contribution is -2.11. The van der Waals surface area contributed by atoms with E-state index in [-0.39, 0.29) is 11.1 Å². The van der Waals surface area contributed by atoms with E-state index in [2.05, 4.69) is 15.9 Å². The zero-order valence-electron chi connectivity index (χ0n) is 7.66. The molecule has 1 nitrogen and oxygen atoms in total. The molecule has 0 amide bonds. The molecule has 0 bridgehead atoms. The summed E-state index contributed by atoms with van der Waals surface area (Å²) in [6.07, 6.45) is -4.75. The number of halogens is 5. The lowest BCUT2D eigenvalue weighted by molar-refractivity contribution is -0.141. The highest BCUT2D eigenvalue weighted by Gasteiger charge is 2.38. The number of alkyl halides is 3. The fraction of sp³-hybridized carbons (Fsp3) is 0.333. The fourth-order valence-electron chi connectivity index (χ4n) is 1.09. The summed E-state index contributed by atoms with van der Waals surface area (Å²) in [5.41, 5.74) is -1.37. The van der Waals surface area contributed by atoms with E-state index in [1.54, 1.807) is 0 Å². The first-order chi connectivity index (χ1) is 6.86. The molecule has 0 spiro atoms. The second-order valence-corrected chi connectivity index (χ2v) is 3.61. The van der Waals surface area contributed by atoms with Crippen LogP contribution < -0.4 is 4.74 Å². The van der Waals surface area contributed by atoms with Crippen molar-refractivity contribution < 1.29 is 22.3 Å². The van der Waals surface area contributed by atoms with Gasteiger partial charge in [0.15, 0.2) is 0 Å². The highest BCUT2D eigenvalue weighted by atomic mass is 79.9. The van der Waals surface area contributed by atoms with Gasteiger partial charge in [-0.3, -0.25) is 0 Å². The number of hydrogen-bond acceptors (Lipinski definition) is 1. The van der Waals surface area contributed by atoms with Gasteiger partial charge in [0.1, 0.15) is 17.1 Å². The third-order valence-electron chi connectivity index (χ3n) is 1.60. The van der Waals surface area contributed by atoms with E-state index in [0.717, 1.165) is 12.1 Å². The van der Waals surface area contributed by atoms with Crippen LogP contribution in [-0.4, -0.2) is 6.61 Å². The van der Waals surface area contributed by atoms with Crippen molar-refractivity contribution in [3.8, 4) is 5.75 Å². The number of rotatable bonds is 2. The molecule has 0 aromatic heterocycles. The predicted octanol–water partition coefficient (Wildman–Crippen LogP) is 4.01. The molecule has 0 saturated carbocycles. The zero-order chi connectivity index (χ0) is 11.6. The van der Waals surface area contributed by atoms with Crippen LogP contribution in [0, 0.1) is 5.82 Å². The number of benzene rings is 1. The normalized spacial score (nSPS) is 11.6. The molecule has 1 aromatic rings. The van der Waals surface area contributed by atoms with Crippen LogP contribution in [-0.2, 0) is 6.18 Å². The van der Waals surface area contributed by atoms with Gasteiger partial charge in [0, 0.05) is 4.47 Å². The maximum absolute atomic E-state index is 13.1. The summed E-state index contributed by atoms with van der Waals surface area (Å²) in [7, 11) is 0. The summed E-state index contributed by atoms with van der Waals surface area (Å²) < 4.78 is 55.3. The molecule has 0 unspecified atom stereocenters. The van der Waals surface area contributed by atoms with E-state index in [9.17, 15) is 17.6 Å². The van der Waals surface area contributed by atoms with E-state index in [0.29, 0.717) is 0 Å². The van der Waals surface area contributed by atoms with Crippen LogP contribution in [0.4, 0.5) is 17.6 Å². The average molecular weight is 287 g/mol. The van der Waals surface area contributed by atoms with Gasteiger partial charge >= 0.3 is 6.18 Å². The maximum atomic E-state index is 13.1. The molecule has 1 rings (SSSR count). The minimum absolute atomic E-state index is 0.0406. The Labute approximate surface area is 92.2 Å². The minimum Gasteiger partial charge on any atom is -0.493 e. The molecule has 1 aromatic carbocycles. The van der Waals surface area contributed by atoms with E-state index < -0.39 is 23.3 Å². The first-order valence-electron chi connectivity index (χ1n) is 4.05. The maximum Gasteiger partial charge on any atom is 0.422 e. The van der Waals surface area contributed by atoms with Gasteiger partial charge in [0.05, 0.1) is 6.61 Å². The summed E-state index contributed by atoms with van der Waals surface area (Å²) in [5, 5.41) is 0. The Morgan fingerprint density at radius 1 is 1.33 bits per heavy atom. The smallest absolute Gasteiger partial charge is 0.422 e. The van der Waals surface area contributed by atoms with Crippen molar-refractivity contribution in [1.29, 1.82) is 0 Å². The van der Waals surface area contributed by atoms with Gasteiger partial charge in [-0.15, -0.1) is 0 Å². The third kappa shape index (κ3) is 2.84. The molecule has 0 atom stereocenters. The molecule has 0 aliphatic rings. The summed E-state index contributed by atoms with van der Waals surface area (Å²) in [6, 6.07) is 1.85. The van der Waals surface area contributed by atoms with Crippen LogP contribution in [0.15, 0.2) is 16.6 Å². The van der Waals surface area contributed by atoms with Gasteiger partial charge in [-0.1, -0.05) is 15.9 Å². The summed E-state index contributed by atoms with van der Waals surface area (Å²) in [4.78, 5) is 0. The van der Waals surface area contributed by atoms with E-state index >= 15 is 0 Å². The first-order valence-corrected chi connectivity index (χ1v) is 4.84. The standard InChI is InChI=1S/C9H7BrF4O/c1-2-15-7-4-5(10)3-6(11)8(7)9(12,13)14/h3-4H,2H2,1H3. The van der Waals surface area contributed by atoms with Crippen LogP contribution in [0.5, 0.6) is 5.75 Å². The summed E-state index contributed by atoms with van der Waals surface area (Å²) in [6.45, 7) is 1.57. The molecule has 0 radical (unpaired) electrons. The summed E-state index contributed by atoms with van der Waals surface area (Å²) >= 11 is 2.90. The lowest BCUT2D eigenvalue weighted by atomic mass is 10.2. The molecular formula is C9H7BrF4O. The Morgan fingerprint density at radius 2 is 1.93 bits per heavy atom. The average Bonchev–Trinajstić information content (AvgIpc) is 1.99. The van der Waals surface area contributed by atoms with E-state index in [1.807, 2.05) is 0 Å². The molecule has 0 fully saturated rings. The Bertz CT molecular complexity index is 362. The van der Waals surface area contributed by atoms with Gasteiger partial charge in [0.2, 0.25) is 0 Å². The Morgan fingerprint density at radius 3 is 2.40 bits per heavy atom. The molecule has 84 valence electrons. The van der Waals surface area contributed by atoms with Crippen LogP contribution in [0.2, 0.25) is 0 Å². The Hall–Kier alpha value is -0.780. The molecule has 0 N–H and O–H groups in total. The SMILES string of the molecule is CCOc1cc(Br)cc(F)c1C(F)(F)F. The van der Waals surface area contributed by atoms with E-state index in [1.165, 1.54) is 6.92 Å². The predicted molar refractivity (Wildman–Crippen MR) is 50.3 cm³/mol. The molecule has 15 heavy (non-hydrogen) atoms. The Kier molecular flexibility index (Phi) is 3.59. The van der Waals surface area contributed by atoms with E-state index in [4.69, 9.17) is 4.74 Å². The lowest BCUT2D eigenvalue weighted by Gasteiger charge is -2.14. The first kappa shape index (κ1) is 12.3. The van der Waals surface area contributed by atoms with Crippen molar-refractivity contribution in [3.05, 3.63) is 28.0 Å². The number of hydrogen-bond donors (Lipinski definition) is 0. The van der Waals surface area contributed by atoms with Crippen molar-refractivity contribution in [1.82, 2.24) is 0 Å². The second kappa shape index (κ2) is 4.38. The van der Waals surface area contributed by atoms with Crippen molar-refractivity contribution >= 4 is 15.9 Å². The summed E-state index contributed by atoms with van der Waals surface area (Å²) in [5.74, 6) is -1.85. The van der Waals surface area contributed by atoms with Gasteiger partial charge in [-0.25, -0.2) is 4.39 Å². The Balaban J connectivity index is 3.33. The molecule has 0 aliphatic carbocycles. The van der Waals surface area contributed by atoms with Crippen LogP contribution in [0.1, 0.15) is 12.5 Å². The molecule has 6 heteroatoms. The quantitative estimate of drug-likeness (QED) is 0.747. The van der Waals surface area contributed by atoms with Crippen LogP contribution >= 0.6 is 15.9 Å². The van der Waals surface area contributed by atoms with Gasteiger partial charge in [0.25, 0.3) is 0 Å². The van der Waals surface area contributed by atoms with Crippen LogP contribution in [0.25, 0.3) is 0 Å². The minimum atomic E-state index is -4.75. The van der Waals surface area contributed by atoms with Gasteiger partial charge in [-0.2, -0.15) is 13.2 Å². The highest BCUT2D eigenvalue weighted by Crippen LogP contribution is 2.39. The van der Waals surface area contributed by atoms with Crippen LogP contribution in [0.3, 0.4) is 0 Å². The molecule has 0 saturated heterocycles. The topological polar surface area (TPSA) is 9.23 Å². The fourth-order valence-corrected chi connectivity index (χ4v) is 1.50. The third-order valence-corrected chi connectivity index (χ3v) is 2.06. The van der Waals surface area contributed by atoms with Crippen molar-refractivity contribution in [2.45, 2.75) is 13.1 Å². The second-order valence-electron chi connectivity index (χ2n) is 2.69. The van der Waals surface area contributed by atoms with Crippen molar-refractivity contribution in [2.24, 2.45) is 0 Å². The van der Waals surface area contributed by atoms with Crippen molar-refractivity contribution in [2.75, 3.05) is 6.61 Å². The zero-order valence-corrected chi connectivity index (χ0v) is 9.25. The highest BCUT2D eigenvalue weighted by molar-refractivity contribution is 9.10. The molecular weight excluding hydrogens is 280 g/mol. The largest absolute Gasteiger partial charge is 0.493 e. The van der Waals surface area contributed by atoms with Crippen molar-refractivity contribution in [3.63, 3.8) is 0 Å². The molecule has 0 heterocycles.